The van der Waals surface area contributed by atoms with Crippen LogP contribution in [0.3, 0.4) is 0 Å². The van der Waals surface area contributed by atoms with E-state index in [-0.39, 0.29) is 11.8 Å². The standard InChI is InChI=1S/C20H24N4O2/c1-15(25)22-17-8-6-7-16(13-17)20(26)23-19-10-9-18(14-21-19)24-11-4-2-3-5-12-24/h6-10,13-14H,2-5,11-12H2,1H3,(H,22,25)(H,21,23,26). The number of nitrogens with zero attached hydrogens (tertiary/aromatic N) is 2. The van der Waals surface area contributed by atoms with E-state index in [0.717, 1.165) is 18.8 Å². The average molecular weight is 352 g/mol. The van der Waals surface area contributed by atoms with Crippen LogP contribution in [-0.2, 0) is 4.79 Å². The van der Waals surface area contributed by atoms with E-state index in [1.165, 1.54) is 32.6 Å². The number of amides is 2. The highest BCUT2D eigenvalue weighted by molar-refractivity contribution is 6.04. The Labute approximate surface area is 153 Å². The van der Waals surface area contributed by atoms with Crippen molar-refractivity contribution in [1.82, 2.24) is 4.98 Å². The van der Waals surface area contributed by atoms with E-state index in [0.29, 0.717) is 17.1 Å². The van der Waals surface area contributed by atoms with Gasteiger partial charge < -0.3 is 15.5 Å². The van der Waals surface area contributed by atoms with Crippen molar-refractivity contribution in [2.75, 3.05) is 28.6 Å². The van der Waals surface area contributed by atoms with E-state index in [4.69, 9.17) is 0 Å². The maximum atomic E-state index is 12.4. The van der Waals surface area contributed by atoms with Gasteiger partial charge in [0, 0.05) is 31.3 Å². The Morgan fingerprint density at radius 2 is 1.77 bits per heavy atom. The Balaban J connectivity index is 1.65. The first-order valence-corrected chi connectivity index (χ1v) is 9.02. The third-order valence-corrected chi connectivity index (χ3v) is 4.41. The SMILES string of the molecule is CC(=O)Nc1cccc(C(=O)Nc2ccc(N3CCCCCC3)cn2)c1. The zero-order chi connectivity index (χ0) is 18.4. The molecule has 1 aromatic carbocycles. The van der Waals surface area contributed by atoms with Crippen LogP contribution in [0.4, 0.5) is 17.2 Å². The molecule has 0 saturated carbocycles. The lowest BCUT2D eigenvalue weighted by Crippen LogP contribution is -2.24. The number of hydrogen-bond donors (Lipinski definition) is 2. The predicted molar refractivity (Wildman–Crippen MR) is 104 cm³/mol. The summed E-state index contributed by atoms with van der Waals surface area (Å²) in [5, 5.41) is 5.47. The van der Waals surface area contributed by atoms with Crippen LogP contribution in [0.15, 0.2) is 42.6 Å². The number of carbonyl (C=O) groups excluding carboxylic acids is 2. The van der Waals surface area contributed by atoms with Crippen LogP contribution in [0.25, 0.3) is 0 Å². The number of rotatable bonds is 4. The fraction of sp³-hybridized carbons (Fsp3) is 0.350. The van der Waals surface area contributed by atoms with Crippen molar-refractivity contribution in [2.24, 2.45) is 0 Å². The van der Waals surface area contributed by atoms with E-state index < -0.39 is 0 Å². The normalized spacial score (nSPS) is 14.4. The Morgan fingerprint density at radius 3 is 2.42 bits per heavy atom. The van der Waals surface area contributed by atoms with Gasteiger partial charge in [-0.25, -0.2) is 4.98 Å². The van der Waals surface area contributed by atoms with Gasteiger partial charge in [0.1, 0.15) is 5.82 Å². The Hall–Kier alpha value is -2.89. The first-order chi connectivity index (χ1) is 12.6. The second-order valence-electron chi connectivity index (χ2n) is 6.52. The van der Waals surface area contributed by atoms with Crippen molar-refractivity contribution in [2.45, 2.75) is 32.6 Å². The third kappa shape index (κ3) is 4.81. The van der Waals surface area contributed by atoms with Crippen LogP contribution < -0.4 is 15.5 Å². The van der Waals surface area contributed by atoms with Crippen molar-refractivity contribution < 1.29 is 9.59 Å². The molecule has 0 bridgehead atoms. The summed E-state index contributed by atoms with van der Waals surface area (Å²) >= 11 is 0. The molecule has 26 heavy (non-hydrogen) atoms. The summed E-state index contributed by atoms with van der Waals surface area (Å²) in [4.78, 5) is 30.3. The molecule has 1 saturated heterocycles. The lowest BCUT2D eigenvalue weighted by molar-refractivity contribution is -0.114. The van der Waals surface area contributed by atoms with Gasteiger partial charge in [-0.1, -0.05) is 18.9 Å². The molecule has 6 nitrogen and oxygen atoms in total. The molecule has 0 atom stereocenters. The Morgan fingerprint density at radius 1 is 1.00 bits per heavy atom. The average Bonchev–Trinajstić information content (AvgIpc) is 2.91. The summed E-state index contributed by atoms with van der Waals surface area (Å²) in [7, 11) is 0. The Bertz CT molecular complexity index is 766. The van der Waals surface area contributed by atoms with Gasteiger partial charge in [-0.2, -0.15) is 0 Å². The molecule has 2 heterocycles. The van der Waals surface area contributed by atoms with Crippen LogP contribution in [0.5, 0.6) is 0 Å². The summed E-state index contributed by atoms with van der Waals surface area (Å²) in [6, 6.07) is 10.6. The van der Waals surface area contributed by atoms with Crippen LogP contribution in [0.1, 0.15) is 43.0 Å². The molecule has 3 rings (SSSR count). The highest BCUT2D eigenvalue weighted by Crippen LogP contribution is 2.20. The van der Waals surface area contributed by atoms with Crippen molar-refractivity contribution >= 4 is 29.0 Å². The molecule has 1 aromatic heterocycles. The van der Waals surface area contributed by atoms with Gasteiger partial charge in [0.2, 0.25) is 5.91 Å². The minimum atomic E-state index is -0.257. The quantitative estimate of drug-likeness (QED) is 0.880. The van der Waals surface area contributed by atoms with E-state index >= 15 is 0 Å². The van der Waals surface area contributed by atoms with Gasteiger partial charge in [-0.3, -0.25) is 9.59 Å². The number of anilines is 3. The molecule has 0 spiro atoms. The third-order valence-electron chi connectivity index (χ3n) is 4.41. The number of carbonyl (C=O) groups is 2. The molecule has 6 heteroatoms. The molecule has 1 fully saturated rings. The van der Waals surface area contributed by atoms with Gasteiger partial charge in [-0.15, -0.1) is 0 Å². The molecule has 1 aliphatic rings. The van der Waals surface area contributed by atoms with Crippen molar-refractivity contribution in [3.05, 3.63) is 48.2 Å². The second kappa shape index (κ2) is 8.47. The zero-order valence-electron chi connectivity index (χ0n) is 15.0. The van der Waals surface area contributed by atoms with E-state index in [9.17, 15) is 9.59 Å². The Kier molecular flexibility index (Phi) is 5.84. The van der Waals surface area contributed by atoms with Crippen LogP contribution in [0, 0.1) is 0 Å². The zero-order valence-corrected chi connectivity index (χ0v) is 15.0. The van der Waals surface area contributed by atoms with Crippen molar-refractivity contribution in [3.63, 3.8) is 0 Å². The van der Waals surface area contributed by atoms with Crippen LogP contribution in [0.2, 0.25) is 0 Å². The van der Waals surface area contributed by atoms with Gasteiger partial charge >= 0.3 is 0 Å². The first kappa shape index (κ1) is 17.9. The second-order valence-corrected chi connectivity index (χ2v) is 6.52. The monoisotopic (exact) mass is 352 g/mol. The van der Waals surface area contributed by atoms with Gasteiger partial charge in [0.15, 0.2) is 0 Å². The summed E-state index contributed by atoms with van der Waals surface area (Å²) in [6.07, 6.45) is 6.81. The van der Waals surface area contributed by atoms with E-state index in [1.54, 1.807) is 24.3 Å². The van der Waals surface area contributed by atoms with E-state index in [1.807, 2.05) is 18.3 Å². The van der Waals surface area contributed by atoms with Crippen LogP contribution in [-0.4, -0.2) is 29.9 Å². The smallest absolute Gasteiger partial charge is 0.256 e. The molecule has 2 amide bonds. The van der Waals surface area contributed by atoms with E-state index in [2.05, 4.69) is 20.5 Å². The predicted octanol–water partition coefficient (Wildman–Crippen LogP) is 3.67. The first-order valence-electron chi connectivity index (χ1n) is 9.02. The van der Waals surface area contributed by atoms with Crippen LogP contribution >= 0.6 is 0 Å². The fourth-order valence-electron chi connectivity index (χ4n) is 3.11. The summed E-state index contributed by atoms with van der Waals surface area (Å²) in [6.45, 7) is 3.55. The maximum Gasteiger partial charge on any atom is 0.256 e. The maximum absolute atomic E-state index is 12.4. The number of benzene rings is 1. The molecular weight excluding hydrogens is 328 g/mol. The molecule has 0 radical (unpaired) electrons. The fourth-order valence-corrected chi connectivity index (χ4v) is 3.11. The lowest BCUT2D eigenvalue weighted by atomic mass is 10.2. The minimum absolute atomic E-state index is 0.173. The largest absolute Gasteiger partial charge is 0.370 e. The van der Waals surface area contributed by atoms with Gasteiger partial charge in [0.25, 0.3) is 5.91 Å². The molecule has 136 valence electrons. The summed E-state index contributed by atoms with van der Waals surface area (Å²) < 4.78 is 0. The van der Waals surface area contributed by atoms with Gasteiger partial charge in [0.05, 0.1) is 11.9 Å². The number of aromatic nitrogens is 1. The molecular formula is C20H24N4O2. The number of hydrogen-bond acceptors (Lipinski definition) is 4. The highest BCUT2D eigenvalue weighted by Gasteiger charge is 2.12. The molecule has 2 N–H and O–H groups in total. The van der Waals surface area contributed by atoms with Crippen molar-refractivity contribution in [1.29, 1.82) is 0 Å². The lowest BCUT2D eigenvalue weighted by Gasteiger charge is -2.22. The molecule has 1 aliphatic heterocycles. The number of pyridine rings is 1. The summed E-state index contributed by atoms with van der Waals surface area (Å²) in [5.41, 5.74) is 2.15. The molecule has 0 aliphatic carbocycles. The molecule has 2 aromatic rings. The molecule has 0 unspecified atom stereocenters. The van der Waals surface area contributed by atoms with Gasteiger partial charge in [-0.05, 0) is 43.2 Å². The summed E-state index contributed by atoms with van der Waals surface area (Å²) in [5.74, 6) is 0.0825. The highest BCUT2D eigenvalue weighted by atomic mass is 16.2. The minimum Gasteiger partial charge on any atom is -0.370 e. The van der Waals surface area contributed by atoms with Crippen molar-refractivity contribution in [3.8, 4) is 0 Å². The number of nitrogens with one attached hydrogen (secondary N) is 2. The topological polar surface area (TPSA) is 74.3 Å².